The number of anilines is 3. The molecule has 4 heteroatoms. The lowest BCUT2D eigenvalue weighted by molar-refractivity contribution is 0.620. The largest absolute Gasteiger partial charge is 0.456 e. The number of nitrogens with zero attached hydrogens (tertiary/aromatic N) is 2. The maximum Gasteiger partial charge on any atom is 0.228 e. The number of aromatic nitrogens is 1. The van der Waals surface area contributed by atoms with Crippen LogP contribution >= 0.6 is 0 Å². The molecule has 1 aliphatic rings. The van der Waals surface area contributed by atoms with Gasteiger partial charge in [0.25, 0.3) is 0 Å². The first-order valence-corrected chi connectivity index (χ1v) is 18.5. The standard InChI is InChI=1S/C50H34N2O2/c1-50(2)41-27-25-35(29-40(41)47-37(16-10-18-42(47)50)33-23-22-31-12-6-7-13-32(31)28-33)52(34-14-4-3-5-15-34)36-24-26-38-46(30-36)53-45-21-11-17-39(48(38)45)49-51-43-19-8-9-20-44(43)54-49/h3-30H,1-2H3. The van der Waals surface area contributed by atoms with Crippen molar-refractivity contribution in [2.45, 2.75) is 19.3 Å². The van der Waals surface area contributed by atoms with Crippen molar-refractivity contribution in [3.63, 3.8) is 0 Å². The summed E-state index contributed by atoms with van der Waals surface area (Å²) in [4.78, 5) is 7.15. The molecule has 0 aliphatic heterocycles. The van der Waals surface area contributed by atoms with Gasteiger partial charge in [-0.25, -0.2) is 4.98 Å². The van der Waals surface area contributed by atoms with E-state index in [1.54, 1.807) is 0 Å². The fourth-order valence-corrected chi connectivity index (χ4v) is 8.67. The summed E-state index contributed by atoms with van der Waals surface area (Å²) < 4.78 is 12.8. The van der Waals surface area contributed by atoms with E-state index in [1.165, 1.54) is 44.2 Å². The smallest absolute Gasteiger partial charge is 0.228 e. The summed E-state index contributed by atoms with van der Waals surface area (Å²) in [5.41, 5.74) is 14.9. The Morgan fingerprint density at radius 3 is 2.11 bits per heavy atom. The molecule has 8 aromatic carbocycles. The van der Waals surface area contributed by atoms with Crippen LogP contribution in [0.3, 0.4) is 0 Å². The number of benzene rings is 8. The average molecular weight is 695 g/mol. The molecule has 2 aromatic heterocycles. The van der Waals surface area contributed by atoms with Crippen LogP contribution < -0.4 is 4.90 Å². The first-order chi connectivity index (χ1) is 26.5. The number of fused-ring (bicyclic) bond motifs is 8. The molecule has 0 bridgehead atoms. The molecular weight excluding hydrogens is 661 g/mol. The fourth-order valence-electron chi connectivity index (χ4n) is 8.67. The minimum Gasteiger partial charge on any atom is -0.456 e. The number of rotatable bonds is 5. The second kappa shape index (κ2) is 11.5. The van der Waals surface area contributed by atoms with Gasteiger partial charge in [-0.1, -0.05) is 111 Å². The maximum atomic E-state index is 6.60. The summed E-state index contributed by atoms with van der Waals surface area (Å²) >= 11 is 0. The summed E-state index contributed by atoms with van der Waals surface area (Å²) in [6.07, 6.45) is 0. The molecule has 2 heterocycles. The van der Waals surface area contributed by atoms with Crippen molar-refractivity contribution in [3.05, 3.63) is 181 Å². The summed E-state index contributed by atoms with van der Waals surface area (Å²) in [6, 6.07) is 60.3. The van der Waals surface area contributed by atoms with Crippen LogP contribution in [0.4, 0.5) is 17.1 Å². The third-order valence-corrected chi connectivity index (χ3v) is 11.3. The van der Waals surface area contributed by atoms with E-state index in [2.05, 4.69) is 152 Å². The minimum atomic E-state index is -0.146. The van der Waals surface area contributed by atoms with E-state index < -0.39 is 0 Å². The Balaban J connectivity index is 1.08. The van der Waals surface area contributed by atoms with E-state index in [1.807, 2.05) is 36.4 Å². The topological polar surface area (TPSA) is 42.4 Å². The van der Waals surface area contributed by atoms with Gasteiger partial charge in [0, 0.05) is 44.9 Å². The Hall–Kier alpha value is -6.91. The molecule has 0 radical (unpaired) electrons. The molecule has 256 valence electrons. The number of hydrogen-bond acceptors (Lipinski definition) is 4. The van der Waals surface area contributed by atoms with Gasteiger partial charge in [0.15, 0.2) is 5.58 Å². The molecular formula is C50H34N2O2. The lowest BCUT2D eigenvalue weighted by Gasteiger charge is -2.27. The van der Waals surface area contributed by atoms with Gasteiger partial charge in [0.1, 0.15) is 16.7 Å². The van der Waals surface area contributed by atoms with E-state index in [9.17, 15) is 0 Å². The van der Waals surface area contributed by atoms with Crippen LogP contribution in [0.1, 0.15) is 25.0 Å². The highest BCUT2D eigenvalue weighted by Gasteiger charge is 2.37. The van der Waals surface area contributed by atoms with Gasteiger partial charge in [0.2, 0.25) is 5.89 Å². The van der Waals surface area contributed by atoms with Gasteiger partial charge in [-0.05, 0) is 111 Å². The third kappa shape index (κ3) is 4.60. The summed E-state index contributed by atoms with van der Waals surface area (Å²) in [5, 5.41) is 4.51. The highest BCUT2D eigenvalue weighted by atomic mass is 16.3. The summed E-state index contributed by atoms with van der Waals surface area (Å²) in [7, 11) is 0. The predicted octanol–water partition coefficient (Wildman–Crippen LogP) is 14.0. The van der Waals surface area contributed by atoms with Crippen molar-refractivity contribution >= 4 is 60.9 Å². The van der Waals surface area contributed by atoms with Crippen LogP contribution in [-0.4, -0.2) is 4.98 Å². The second-order valence-electron chi connectivity index (χ2n) is 14.8. The zero-order valence-electron chi connectivity index (χ0n) is 29.9. The third-order valence-electron chi connectivity index (χ3n) is 11.3. The van der Waals surface area contributed by atoms with Gasteiger partial charge >= 0.3 is 0 Å². The van der Waals surface area contributed by atoms with Crippen LogP contribution in [0.15, 0.2) is 179 Å². The first kappa shape index (κ1) is 30.7. The zero-order valence-corrected chi connectivity index (χ0v) is 29.9. The molecule has 10 aromatic rings. The van der Waals surface area contributed by atoms with E-state index >= 15 is 0 Å². The average Bonchev–Trinajstić information content (AvgIpc) is 3.88. The SMILES string of the molecule is CC1(C)c2ccc(N(c3ccccc3)c3ccc4c(c3)oc3cccc(-c5nc6ccccc6o5)c34)cc2-c2c(-c3ccc4ccccc4c3)cccc21. The molecule has 0 atom stereocenters. The van der Waals surface area contributed by atoms with Crippen LogP contribution in [0, 0.1) is 0 Å². The molecule has 0 saturated heterocycles. The first-order valence-electron chi connectivity index (χ1n) is 18.5. The number of oxazole rings is 1. The van der Waals surface area contributed by atoms with E-state index in [0.717, 1.165) is 55.7 Å². The lowest BCUT2D eigenvalue weighted by atomic mass is 9.82. The van der Waals surface area contributed by atoms with Crippen LogP contribution in [0.25, 0.3) is 77.5 Å². The zero-order chi connectivity index (χ0) is 36.0. The Morgan fingerprint density at radius 1 is 0.481 bits per heavy atom. The molecule has 11 rings (SSSR count). The highest BCUT2D eigenvalue weighted by Crippen LogP contribution is 2.54. The Labute approximate surface area is 312 Å². The molecule has 0 saturated carbocycles. The molecule has 1 aliphatic carbocycles. The molecule has 0 N–H and O–H groups in total. The maximum absolute atomic E-state index is 6.60. The molecule has 0 spiro atoms. The minimum absolute atomic E-state index is 0.146. The quantitative estimate of drug-likeness (QED) is 0.180. The van der Waals surface area contributed by atoms with E-state index in [4.69, 9.17) is 13.8 Å². The molecule has 0 fully saturated rings. The highest BCUT2D eigenvalue weighted by molar-refractivity contribution is 6.12. The van der Waals surface area contributed by atoms with Gasteiger partial charge in [-0.3, -0.25) is 0 Å². The van der Waals surface area contributed by atoms with Crippen LogP contribution in [0.5, 0.6) is 0 Å². The van der Waals surface area contributed by atoms with E-state index in [0.29, 0.717) is 5.89 Å². The molecule has 4 nitrogen and oxygen atoms in total. The van der Waals surface area contributed by atoms with Crippen molar-refractivity contribution in [3.8, 4) is 33.7 Å². The summed E-state index contributed by atoms with van der Waals surface area (Å²) in [6.45, 7) is 4.70. The van der Waals surface area contributed by atoms with Gasteiger partial charge < -0.3 is 13.7 Å². The van der Waals surface area contributed by atoms with Crippen molar-refractivity contribution < 1.29 is 8.83 Å². The van der Waals surface area contributed by atoms with Crippen molar-refractivity contribution in [1.82, 2.24) is 4.98 Å². The number of para-hydroxylation sites is 3. The van der Waals surface area contributed by atoms with Crippen molar-refractivity contribution in [2.24, 2.45) is 0 Å². The van der Waals surface area contributed by atoms with Crippen LogP contribution in [0.2, 0.25) is 0 Å². The fraction of sp³-hybridized carbons (Fsp3) is 0.0600. The van der Waals surface area contributed by atoms with Gasteiger partial charge in [-0.15, -0.1) is 0 Å². The van der Waals surface area contributed by atoms with Gasteiger partial charge in [-0.2, -0.15) is 0 Å². The van der Waals surface area contributed by atoms with Crippen molar-refractivity contribution in [1.29, 1.82) is 0 Å². The molecule has 54 heavy (non-hydrogen) atoms. The summed E-state index contributed by atoms with van der Waals surface area (Å²) in [5.74, 6) is 0.587. The predicted molar refractivity (Wildman–Crippen MR) is 222 cm³/mol. The normalized spacial score (nSPS) is 13.1. The van der Waals surface area contributed by atoms with Gasteiger partial charge in [0.05, 0.1) is 0 Å². The Morgan fingerprint density at radius 2 is 1.22 bits per heavy atom. The lowest BCUT2D eigenvalue weighted by Crippen LogP contribution is -2.15. The van der Waals surface area contributed by atoms with Crippen LogP contribution in [-0.2, 0) is 5.41 Å². The monoisotopic (exact) mass is 694 g/mol. The Kier molecular flexibility index (Phi) is 6.56. The second-order valence-corrected chi connectivity index (χ2v) is 14.8. The number of furan rings is 1. The van der Waals surface area contributed by atoms with E-state index in [-0.39, 0.29) is 5.41 Å². The number of hydrogen-bond donors (Lipinski definition) is 0. The molecule has 0 unspecified atom stereocenters. The van der Waals surface area contributed by atoms with Crippen molar-refractivity contribution in [2.75, 3.05) is 4.90 Å². The Bertz CT molecular complexity index is 3060. The molecule has 0 amide bonds.